The number of hydrogen-bond acceptors (Lipinski definition) is 3. The lowest BCUT2D eigenvalue weighted by atomic mass is 10.1. The molecule has 1 saturated carbocycles. The average molecular weight is 369 g/mol. The third-order valence-electron chi connectivity index (χ3n) is 5.40. The zero-order valence-electron chi connectivity index (χ0n) is 15.1. The van der Waals surface area contributed by atoms with Gasteiger partial charge in [0, 0.05) is 42.9 Å². The fourth-order valence-electron chi connectivity index (χ4n) is 3.80. The van der Waals surface area contributed by atoms with Gasteiger partial charge in [-0.1, -0.05) is 35.9 Å². The Labute approximate surface area is 158 Å². The first-order valence-corrected chi connectivity index (χ1v) is 10.2. The van der Waals surface area contributed by atoms with E-state index in [0.717, 1.165) is 12.0 Å². The van der Waals surface area contributed by atoms with Crippen LogP contribution in [-0.2, 0) is 16.0 Å². The predicted octanol–water partition coefficient (Wildman–Crippen LogP) is 3.07. The van der Waals surface area contributed by atoms with Crippen molar-refractivity contribution in [2.24, 2.45) is 5.92 Å². The van der Waals surface area contributed by atoms with Crippen molar-refractivity contribution in [3.8, 4) is 0 Å². The first-order chi connectivity index (χ1) is 12.6. The lowest BCUT2D eigenvalue weighted by molar-refractivity contribution is -0.140. The van der Waals surface area contributed by atoms with E-state index >= 15 is 0 Å². The summed E-state index contributed by atoms with van der Waals surface area (Å²) in [7, 11) is 0. The molecule has 2 amide bonds. The number of aryl methyl sites for hydroxylation is 1. The maximum atomic E-state index is 12.7. The summed E-state index contributed by atoms with van der Waals surface area (Å²) in [5.74, 6) is 1.01. The number of rotatable bonds is 4. The largest absolute Gasteiger partial charge is 0.339 e. The van der Waals surface area contributed by atoms with Gasteiger partial charge in [-0.15, -0.1) is 11.3 Å². The number of carbonyl (C=O) groups is 2. The minimum absolute atomic E-state index is 0.156. The van der Waals surface area contributed by atoms with Gasteiger partial charge in [0.25, 0.3) is 0 Å². The number of carbonyl (C=O) groups excluding carboxylic acids is 2. The van der Waals surface area contributed by atoms with Crippen molar-refractivity contribution in [1.82, 2.24) is 9.80 Å². The van der Waals surface area contributed by atoms with Crippen LogP contribution in [0.2, 0.25) is 0 Å². The predicted molar refractivity (Wildman–Crippen MR) is 103 cm³/mol. The summed E-state index contributed by atoms with van der Waals surface area (Å²) in [5, 5.41) is 2.08. The van der Waals surface area contributed by atoms with Crippen LogP contribution in [0.15, 0.2) is 41.8 Å². The van der Waals surface area contributed by atoms with Gasteiger partial charge in [0.15, 0.2) is 0 Å². The first-order valence-electron chi connectivity index (χ1n) is 9.27. The average Bonchev–Trinajstić information content (AvgIpc) is 3.26. The van der Waals surface area contributed by atoms with Crippen molar-refractivity contribution in [3.63, 3.8) is 0 Å². The number of amides is 2. The molecule has 136 valence electrons. The van der Waals surface area contributed by atoms with E-state index in [0.29, 0.717) is 38.5 Å². The summed E-state index contributed by atoms with van der Waals surface area (Å²) in [6, 6.07) is 12.3. The van der Waals surface area contributed by atoms with Crippen molar-refractivity contribution >= 4 is 23.2 Å². The first kappa shape index (κ1) is 17.3. The van der Waals surface area contributed by atoms with Crippen LogP contribution < -0.4 is 0 Å². The molecule has 2 aliphatic rings. The summed E-state index contributed by atoms with van der Waals surface area (Å²) in [5.41, 5.74) is 2.24. The Morgan fingerprint density at radius 3 is 2.54 bits per heavy atom. The molecule has 0 N–H and O–H groups in total. The van der Waals surface area contributed by atoms with Gasteiger partial charge < -0.3 is 9.80 Å². The van der Waals surface area contributed by atoms with Gasteiger partial charge in [-0.25, -0.2) is 0 Å². The SMILES string of the molecule is Cc1cccc(CC(=O)N2CCN(C(=O)C3CC3c3cccs3)CC2)c1. The second-order valence-electron chi connectivity index (χ2n) is 7.34. The standard InChI is InChI=1S/C21H24N2O2S/c1-15-4-2-5-16(12-15)13-20(24)22-7-9-23(10-8-22)21(25)18-14-17(18)19-6-3-11-26-19/h2-6,11-12,17-18H,7-10,13-14H2,1H3. The number of thiophene rings is 1. The summed E-state index contributed by atoms with van der Waals surface area (Å²) >= 11 is 1.74. The van der Waals surface area contributed by atoms with E-state index in [1.807, 2.05) is 34.9 Å². The number of benzene rings is 1. The quantitative estimate of drug-likeness (QED) is 0.832. The van der Waals surface area contributed by atoms with Gasteiger partial charge in [0.2, 0.25) is 11.8 Å². The molecule has 0 radical (unpaired) electrons. The summed E-state index contributed by atoms with van der Waals surface area (Å²) < 4.78 is 0. The zero-order valence-corrected chi connectivity index (χ0v) is 15.9. The van der Waals surface area contributed by atoms with Crippen molar-refractivity contribution < 1.29 is 9.59 Å². The van der Waals surface area contributed by atoms with E-state index in [-0.39, 0.29) is 17.7 Å². The van der Waals surface area contributed by atoms with E-state index in [9.17, 15) is 9.59 Å². The minimum Gasteiger partial charge on any atom is -0.339 e. The van der Waals surface area contributed by atoms with Gasteiger partial charge >= 0.3 is 0 Å². The van der Waals surface area contributed by atoms with E-state index in [4.69, 9.17) is 0 Å². The Morgan fingerprint density at radius 2 is 1.85 bits per heavy atom. The van der Waals surface area contributed by atoms with Gasteiger partial charge in [-0.3, -0.25) is 9.59 Å². The molecule has 2 atom stereocenters. The molecule has 1 aromatic heterocycles. The maximum absolute atomic E-state index is 12.7. The Morgan fingerprint density at radius 1 is 1.08 bits per heavy atom. The Hall–Kier alpha value is -2.14. The van der Waals surface area contributed by atoms with Crippen LogP contribution in [0.3, 0.4) is 0 Å². The number of hydrogen-bond donors (Lipinski definition) is 0. The monoisotopic (exact) mass is 368 g/mol. The van der Waals surface area contributed by atoms with Crippen LogP contribution in [0.4, 0.5) is 0 Å². The smallest absolute Gasteiger partial charge is 0.227 e. The molecule has 2 fully saturated rings. The molecule has 26 heavy (non-hydrogen) atoms. The van der Waals surface area contributed by atoms with Crippen LogP contribution >= 0.6 is 11.3 Å². The van der Waals surface area contributed by atoms with Crippen molar-refractivity contribution in [1.29, 1.82) is 0 Å². The van der Waals surface area contributed by atoms with E-state index in [1.165, 1.54) is 10.4 Å². The number of nitrogens with zero attached hydrogens (tertiary/aromatic N) is 2. The van der Waals surface area contributed by atoms with Crippen LogP contribution in [0.5, 0.6) is 0 Å². The second-order valence-corrected chi connectivity index (χ2v) is 8.32. The third-order valence-corrected chi connectivity index (χ3v) is 6.40. The van der Waals surface area contributed by atoms with Gasteiger partial charge in [0.1, 0.15) is 0 Å². The van der Waals surface area contributed by atoms with Gasteiger partial charge in [-0.05, 0) is 30.4 Å². The highest BCUT2D eigenvalue weighted by molar-refractivity contribution is 7.10. The molecule has 5 heteroatoms. The minimum atomic E-state index is 0.156. The van der Waals surface area contributed by atoms with Crippen LogP contribution in [0.1, 0.15) is 28.3 Å². The summed E-state index contributed by atoms with van der Waals surface area (Å²) in [4.78, 5) is 30.4. The molecule has 4 rings (SSSR count). The lowest BCUT2D eigenvalue weighted by Gasteiger charge is -2.35. The molecule has 0 spiro atoms. The maximum Gasteiger partial charge on any atom is 0.227 e. The van der Waals surface area contributed by atoms with Crippen molar-refractivity contribution in [2.45, 2.75) is 25.7 Å². The topological polar surface area (TPSA) is 40.6 Å². The van der Waals surface area contributed by atoms with E-state index in [2.05, 4.69) is 23.6 Å². The van der Waals surface area contributed by atoms with Gasteiger partial charge in [-0.2, -0.15) is 0 Å². The number of piperazine rings is 1. The molecule has 2 heterocycles. The third kappa shape index (κ3) is 3.68. The second kappa shape index (κ2) is 7.23. The molecular weight excluding hydrogens is 344 g/mol. The molecule has 2 unspecified atom stereocenters. The Bertz CT molecular complexity index is 794. The Balaban J connectivity index is 1.27. The fourth-order valence-corrected chi connectivity index (χ4v) is 4.71. The van der Waals surface area contributed by atoms with Crippen molar-refractivity contribution in [3.05, 3.63) is 57.8 Å². The molecule has 1 saturated heterocycles. The van der Waals surface area contributed by atoms with Crippen LogP contribution in [0, 0.1) is 12.8 Å². The fraction of sp³-hybridized carbons (Fsp3) is 0.429. The molecule has 0 bridgehead atoms. The molecule has 1 aliphatic heterocycles. The summed E-state index contributed by atoms with van der Waals surface area (Å²) in [6.45, 7) is 4.65. The summed E-state index contributed by atoms with van der Waals surface area (Å²) in [6.07, 6.45) is 1.42. The van der Waals surface area contributed by atoms with Gasteiger partial charge in [0.05, 0.1) is 6.42 Å². The van der Waals surface area contributed by atoms with E-state index in [1.54, 1.807) is 11.3 Å². The van der Waals surface area contributed by atoms with Crippen LogP contribution in [0.25, 0.3) is 0 Å². The molecule has 1 aliphatic carbocycles. The molecule has 1 aromatic carbocycles. The lowest BCUT2D eigenvalue weighted by Crippen LogP contribution is -2.51. The Kier molecular flexibility index (Phi) is 4.81. The van der Waals surface area contributed by atoms with Crippen LogP contribution in [-0.4, -0.2) is 47.8 Å². The normalized spacial score (nSPS) is 22.3. The van der Waals surface area contributed by atoms with Crippen molar-refractivity contribution in [2.75, 3.05) is 26.2 Å². The zero-order chi connectivity index (χ0) is 18.1. The molecule has 4 nitrogen and oxygen atoms in total. The van der Waals surface area contributed by atoms with E-state index < -0.39 is 0 Å². The highest BCUT2D eigenvalue weighted by Crippen LogP contribution is 2.50. The molecular formula is C21H24N2O2S. The highest BCUT2D eigenvalue weighted by atomic mass is 32.1. The highest BCUT2D eigenvalue weighted by Gasteiger charge is 2.46. The molecule has 2 aromatic rings.